The lowest BCUT2D eigenvalue weighted by Gasteiger charge is -2.23. The third kappa shape index (κ3) is 3.68. The minimum atomic E-state index is -0.242. The lowest BCUT2D eigenvalue weighted by atomic mass is 10.1. The number of amides is 2. The van der Waals surface area contributed by atoms with Crippen molar-refractivity contribution in [2.24, 2.45) is 5.92 Å². The average Bonchev–Trinajstić information content (AvgIpc) is 3.12. The van der Waals surface area contributed by atoms with E-state index >= 15 is 0 Å². The van der Waals surface area contributed by atoms with Gasteiger partial charge in [-0.15, -0.1) is 0 Å². The predicted octanol–water partition coefficient (Wildman–Crippen LogP) is 1.50. The first-order chi connectivity index (χ1) is 11.0. The maximum absolute atomic E-state index is 12.3. The second-order valence-electron chi connectivity index (χ2n) is 6.67. The highest BCUT2D eigenvalue weighted by Crippen LogP contribution is 2.29. The van der Waals surface area contributed by atoms with Crippen molar-refractivity contribution in [1.82, 2.24) is 20.2 Å². The van der Waals surface area contributed by atoms with E-state index in [1.807, 2.05) is 24.8 Å². The van der Waals surface area contributed by atoms with Crippen LogP contribution in [0.4, 0.5) is 0 Å². The molecule has 2 aliphatic rings. The van der Waals surface area contributed by atoms with E-state index in [0.717, 1.165) is 24.2 Å². The van der Waals surface area contributed by atoms with Gasteiger partial charge in [-0.3, -0.25) is 9.59 Å². The molecule has 1 atom stereocenters. The molecule has 2 fully saturated rings. The number of aromatic nitrogens is 2. The summed E-state index contributed by atoms with van der Waals surface area (Å²) in [5.41, 5.74) is 1.79. The standard InChI is InChI=1S/C17H24N4O2/c1-11-7-12(2)20-15(19-11)9-18-17(23)13-8-16(22)21(10-13)14-5-3-4-6-14/h7,13-14H,3-6,8-10H2,1-2H3,(H,18,23)/t13-/m0/s1. The molecule has 1 aliphatic heterocycles. The monoisotopic (exact) mass is 316 g/mol. The topological polar surface area (TPSA) is 75.2 Å². The normalized spacial score (nSPS) is 21.9. The zero-order chi connectivity index (χ0) is 16.4. The Kier molecular flexibility index (Phi) is 4.59. The SMILES string of the molecule is Cc1cc(C)nc(CNC(=O)[C@H]2CC(=O)N(C3CCCC3)C2)n1. The Bertz CT molecular complexity index is 590. The van der Waals surface area contributed by atoms with Crippen molar-refractivity contribution in [1.29, 1.82) is 0 Å². The van der Waals surface area contributed by atoms with Crippen molar-refractivity contribution in [2.75, 3.05) is 6.54 Å². The number of likely N-dealkylation sites (tertiary alicyclic amines) is 1. The van der Waals surface area contributed by atoms with Gasteiger partial charge in [0.15, 0.2) is 0 Å². The van der Waals surface area contributed by atoms with Gasteiger partial charge in [-0.05, 0) is 32.8 Å². The second-order valence-corrected chi connectivity index (χ2v) is 6.67. The molecular weight excluding hydrogens is 292 g/mol. The van der Waals surface area contributed by atoms with Gasteiger partial charge in [0.05, 0.1) is 12.5 Å². The van der Waals surface area contributed by atoms with Crippen molar-refractivity contribution in [2.45, 2.75) is 58.5 Å². The molecule has 124 valence electrons. The molecule has 2 heterocycles. The molecule has 1 aromatic heterocycles. The van der Waals surface area contributed by atoms with Gasteiger partial charge >= 0.3 is 0 Å². The fourth-order valence-corrected chi connectivity index (χ4v) is 3.66. The molecule has 1 saturated heterocycles. The number of hydrogen-bond acceptors (Lipinski definition) is 4. The lowest BCUT2D eigenvalue weighted by molar-refractivity contribution is -0.130. The Morgan fingerprint density at radius 2 is 1.91 bits per heavy atom. The van der Waals surface area contributed by atoms with Crippen LogP contribution in [-0.2, 0) is 16.1 Å². The van der Waals surface area contributed by atoms with Crippen molar-refractivity contribution in [3.63, 3.8) is 0 Å². The Hall–Kier alpha value is -1.98. The number of carbonyl (C=O) groups excluding carboxylic acids is 2. The van der Waals surface area contributed by atoms with Crippen LogP contribution < -0.4 is 5.32 Å². The molecule has 0 radical (unpaired) electrons. The Labute approximate surface area is 136 Å². The number of nitrogens with zero attached hydrogens (tertiary/aromatic N) is 3. The van der Waals surface area contributed by atoms with Crippen LogP contribution in [0.2, 0.25) is 0 Å². The zero-order valence-corrected chi connectivity index (χ0v) is 13.8. The quantitative estimate of drug-likeness (QED) is 0.913. The van der Waals surface area contributed by atoms with Crippen LogP contribution in [-0.4, -0.2) is 39.3 Å². The first kappa shape index (κ1) is 15.9. The molecule has 0 aromatic carbocycles. The molecule has 1 saturated carbocycles. The number of hydrogen-bond donors (Lipinski definition) is 1. The molecular formula is C17H24N4O2. The molecule has 1 N–H and O–H groups in total. The summed E-state index contributed by atoms with van der Waals surface area (Å²) in [6.07, 6.45) is 4.87. The van der Waals surface area contributed by atoms with Crippen LogP contribution in [0, 0.1) is 19.8 Å². The first-order valence-electron chi connectivity index (χ1n) is 8.41. The van der Waals surface area contributed by atoms with E-state index in [0.29, 0.717) is 31.4 Å². The highest BCUT2D eigenvalue weighted by Gasteiger charge is 2.38. The maximum Gasteiger partial charge on any atom is 0.225 e. The van der Waals surface area contributed by atoms with Crippen molar-refractivity contribution in [3.05, 3.63) is 23.3 Å². The number of nitrogens with one attached hydrogen (secondary N) is 1. The number of aryl methyl sites for hydroxylation is 2. The van der Waals surface area contributed by atoms with Crippen LogP contribution in [0.3, 0.4) is 0 Å². The van der Waals surface area contributed by atoms with Gasteiger partial charge in [0.1, 0.15) is 5.82 Å². The first-order valence-corrected chi connectivity index (χ1v) is 8.41. The van der Waals surface area contributed by atoms with E-state index < -0.39 is 0 Å². The molecule has 2 amide bonds. The van der Waals surface area contributed by atoms with Crippen molar-refractivity contribution >= 4 is 11.8 Å². The van der Waals surface area contributed by atoms with Gasteiger partial charge < -0.3 is 10.2 Å². The summed E-state index contributed by atoms with van der Waals surface area (Å²) < 4.78 is 0. The van der Waals surface area contributed by atoms with Crippen molar-refractivity contribution in [3.8, 4) is 0 Å². The third-order valence-corrected chi connectivity index (χ3v) is 4.74. The van der Waals surface area contributed by atoms with Gasteiger partial charge in [0, 0.05) is 30.4 Å². The minimum Gasteiger partial charge on any atom is -0.348 e. The molecule has 0 spiro atoms. The van der Waals surface area contributed by atoms with Crippen LogP contribution in [0.25, 0.3) is 0 Å². The van der Waals surface area contributed by atoms with Gasteiger partial charge in [0.2, 0.25) is 11.8 Å². The molecule has 1 aromatic rings. The van der Waals surface area contributed by atoms with E-state index in [-0.39, 0.29) is 17.7 Å². The molecule has 0 bridgehead atoms. The Morgan fingerprint density at radius 3 is 2.57 bits per heavy atom. The summed E-state index contributed by atoms with van der Waals surface area (Å²) in [6.45, 7) is 4.70. The number of carbonyl (C=O) groups is 2. The van der Waals surface area contributed by atoms with Crippen LogP contribution in [0.5, 0.6) is 0 Å². The maximum atomic E-state index is 12.3. The summed E-state index contributed by atoms with van der Waals surface area (Å²) >= 11 is 0. The van der Waals surface area contributed by atoms with E-state index in [1.165, 1.54) is 12.8 Å². The fraction of sp³-hybridized carbons (Fsp3) is 0.647. The predicted molar refractivity (Wildman–Crippen MR) is 85.4 cm³/mol. The molecule has 0 unspecified atom stereocenters. The van der Waals surface area contributed by atoms with E-state index in [4.69, 9.17) is 0 Å². The summed E-state index contributed by atoms with van der Waals surface area (Å²) in [5, 5.41) is 2.88. The Balaban J connectivity index is 1.55. The molecule has 3 rings (SSSR count). The summed E-state index contributed by atoms with van der Waals surface area (Å²) in [4.78, 5) is 35.1. The summed E-state index contributed by atoms with van der Waals surface area (Å²) in [5.74, 6) is 0.433. The van der Waals surface area contributed by atoms with E-state index in [1.54, 1.807) is 0 Å². The summed E-state index contributed by atoms with van der Waals surface area (Å²) in [7, 11) is 0. The average molecular weight is 316 g/mol. The Morgan fingerprint density at radius 1 is 1.26 bits per heavy atom. The van der Waals surface area contributed by atoms with Gasteiger partial charge in [-0.25, -0.2) is 9.97 Å². The minimum absolute atomic E-state index is 0.0680. The smallest absolute Gasteiger partial charge is 0.225 e. The largest absolute Gasteiger partial charge is 0.348 e. The summed E-state index contributed by atoms with van der Waals surface area (Å²) in [6, 6.07) is 2.25. The molecule has 6 heteroatoms. The van der Waals surface area contributed by atoms with Crippen LogP contribution in [0.1, 0.15) is 49.3 Å². The molecule has 23 heavy (non-hydrogen) atoms. The van der Waals surface area contributed by atoms with E-state index in [9.17, 15) is 9.59 Å². The zero-order valence-electron chi connectivity index (χ0n) is 13.8. The van der Waals surface area contributed by atoms with Gasteiger partial charge in [-0.1, -0.05) is 12.8 Å². The highest BCUT2D eigenvalue weighted by atomic mass is 16.2. The third-order valence-electron chi connectivity index (χ3n) is 4.74. The van der Waals surface area contributed by atoms with E-state index in [2.05, 4.69) is 15.3 Å². The molecule has 6 nitrogen and oxygen atoms in total. The van der Waals surface area contributed by atoms with Crippen molar-refractivity contribution < 1.29 is 9.59 Å². The second kappa shape index (κ2) is 6.64. The van der Waals surface area contributed by atoms with Gasteiger partial charge in [0.25, 0.3) is 0 Å². The highest BCUT2D eigenvalue weighted by molar-refractivity contribution is 5.89. The van der Waals surface area contributed by atoms with Crippen LogP contribution in [0.15, 0.2) is 6.07 Å². The van der Waals surface area contributed by atoms with Crippen LogP contribution >= 0.6 is 0 Å². The lowest BCUT2D eigenvalue weighted by Crippen LogP contribution is -2.37. The molecule has 1 aliphatic carbocycles. The fourth-order valence-electron chi connectivity index (χ4n) is 3.66. The van der Waals surface area contributed by atoms with Gasteiger partial charge in [-0.2, -0.15) is 0 Å². The number of rotatable bonds is 4.